The smallest absolute Gasteiger partial charge is 0.220 e. The van der Waals surface area contributed by atoms with Gasteiger partial charge in [0.05, 0.1) is 6.04 Å². The molecule has 3 nitrogen and oxygen atoms in total. The normalized spacial score (nSPS) is 22.3. The van der Waals surface area contributed by atoms with E-state index in [0.717, 1.165) is 25.9 Å². The number of amides is 1. The average molecular weight is 306 g/mol. The molecular formula is C17H26N2OS. The van der Waals surface area contributed by atoms with Crippen LogP contribution in [-0.4, -0.2) is 19.0 Å². The molecule has 1 aromatic heterocycles. The van der Waals surface area contributed by atoms with Crippen LogP contribution in [0.2, 0.25) is 0 Å². The fourth-order valence-electron chi connectivity index (χ4n) is 3.76. The molecule has 1 aliphatic heterocycles. The van der Waals surface area contributed by atoms with Gasteiger partial charge < -0.3 is 10.6 Å². The van der Waals surface area contributed by atoms with Crippen molar-refractivity contribution >= 4 is 17.2 Å². The summed E-state index contributed by atoms with van der Waals surface area (Å²) in [6.07, 6.45) is 8.14. The predicted octanol–water partition coefficient (Wildman–Crippen LogP) is 3.49. The minimum Gasteiger partial charge on any atom is -0.348 e. The van der Waals surface area contributed by atoms with Crippen LogP contribution in [0.5, 0.6) is 0 Å². The Morgan fingerprint density at radius 3 is 2.71 bits per heavy atom. The van der Waals surface area contributed by atoms with Crippen molar-refractivity contribution in [2.75, 3.05) is 13.1 Å². The lowest BCUT2D eigenvalue weighted by molar-refractivity contribution is -0.123. The molecular weight excluding hydrogens is 280 g/mol. The summed E-state index contributed by atoms with van der Waals surface area (Å²) in [6, 6.07) is 4.53. The Balaban J connectivity index is 1.59. The molecule has 1 aromatic rings. The minimum absolute atomic E-state index is 0.252. The first kappa shape index (κ1) is 15.0. The average Bonchev–Trinajstić information content (AvgIpc) is 3.19. The van der Waals surface area contributed by atoms with Crippen molar-refractivity contribution < 1.29 is 4.79 Å². The van der Waals surface area contributed by atoms with Crippen LogP contribution in [0.3, 0.4) is 0 Å². The molecule has 3 rings (SSSR count). The van der Waals surface area contributed by atoms with Crippen LogP contribution >= 0.6 is 11.3 Å². The van der Waals surface area contributed by atoms with E-state index in [4.69, 9.17) is 0 Å². The summed E-state index contributed by atoms with van der Waals surface area (Å²) in [5.41, 5.74) is 0. The Hall–Kier alpha value is -0.870. The van der Waals surface area contributed by atoms with Crippen LogP contribution < -0.4 is 10.6 Å². The van der Waals surface area contributed by atoms with Gasteiger partial charge in [-0.1, -0.05) is 18.9 Å². The Morgan fingerprint density at radius 2 is 2.05 bits per heavy atom. The summed E-state index contributed by atoms with van der Waals surface area (Å²) < 4.78 is 0. The molecule has 1 saturated carbocycles. The lowest BCUT2D eigenvalue weighted by atomic mass is 9.93. The van der Waals surface area contributed by atoms with Gasteiger partial charge in [-0.2, -0.15) is 0 Å². The van der Waals surface area contributed by atoms with Crippen LogP contribution in [0.15, 0.2) is 17.5 Å². The van der Waals surface area contributed by atoms with Crippen molar-refractivity contribution in [2.24, 2.45) is 11.8 Å². The molecule has 2 N–H and O–H groups in total. The van der Waals surface area contributed by atoms with Crippen LogP contribution in [0.1, 0.15) is 55.9 Å². The third-order valence-electron chi connectivity index (χ3n) is 4.97. The fourth-order valence-corrected chi connectivity index (χ4v) is 4.63. The zero-order valence-corrected chi connectivity index (χ0v) is 13.5. The van der Waals surface area contributed by atoms with Gasteiger partial charge in [0.1, 0.15) is 0 Å². The van der Waals surface area contributed by atoms with Crippen molar-refractivity contribution in [3.63, 3.8) is 0 Å². The number of nitrogens with one attached hydrogen (secondary N) is 2. The molecule has 0 spiro atoms. The number of hydrogen-bond acceptors (Lipinski definition) is 3. The van der Waals surface area contributed by atoms with Gasteiger partial charge in [0.2, 0.25) is 5.91 Å². The highest BCUT2D eigenvalue weighted by Gasteiger charge is 2.29. The molecule has 2 fully saturated rings. The molecule has 116 valence electrons. The maximum absolute atomic E-state index is 12.4. The number of thiophene rings is 1. The molecule has 2 heterocycles. The van der Waals surface area contributed by atoms with E-state index in [-0.39, 0.29) is 11.9 Å². The largest absolute Gasteiger partial charge is 0.348 e. The second kappa shape index (κ2) is 7.41. The summed E-state index contributed by atoms with van der Waals surface area (Å²) in [5.74, 6) is 1.46. The highest BCUT2D eigenvalue weighted by Crippen LogP contribution is 2.37. The third-order valence-corrected chi connectivity index (χ3v) is 5.93. The lowest BCUT2D eigenvalue weighted by Gasteiger charge is -2.26. The van der Waals surface area contributed by atoms with Gasteiger partial charge in [-0.05, 0) is 62.1 Å². The van der Waals surface area contributed by atoms with Gasteiger partial charge >= 0.3 is 0 Å². The third kappa shape index (κ3) is 4.07. The van der Waals surface area contributed by atoms with Gasteiger partial charge in [-0.25, -0.2) is 0 Å². The quantitative estimate of drug-likeness (QED) is 0.874. The molecule has 0 aromatic carbocycles. The number of carbonyl (C=O) groups excluding carboxylic acids is 1. The fraction of sp³-hybridized carbons (Fsp3) is 0.706. The van der Waals surface area contributed by atoms with E-state index in [2.05, 4.69) is 28.1 Å². The Bertz CT molecular complexity index is 434. The van der Waals surface area contributed by atoms with Gasteiger partial charge in [0.25, 0.3) is 0 Å². The summed E-state index contributed by atoms with van der Waals surface area (Å²) in [7, 11) is 0. The van der Waals surface area contributed by atoms with E-state index in [9.17, 15) is 4.79 Å². The van der Waals surface area contributed by atoms with E-state index in [1.165, 1.54) is 30.6 Å². The van der Waals surface area contributed by atoms with Crippen molar-refractivity contribution in [1.82, 2.24) is 10.6 Å². The standard InChI is InChI=1S/C17H26N2OS/c20-16(12-13-7-9-18-10-8-13)19-17(14-4-1-2-5-14)15-6-3-11-21-15/h3,6,11,13-14,17-18H,1-2,4-5,7-10,12H2,(H,19,20). The van der Waals surface area contributed by atoms with Crippen LogP contribution in [0.4, 0.5) is 0 Å². The Morgan fingerprint density at radius 1 is 1.29 bits per heavy atom. The van der Waals surface area contributed by atoms with E-state index >= 15 is 0 Å². The molecule has 4 heteroatoms. The first-order chi connectivity index (χ1) is 10.3. The Kier molecular flexibility index (Phi) is 5.31. The van der Waals surface area contributed by atoms with Gasteiger partial charge in [-0.15, -0.1) is 11.3 Å². The van der Waals surface area contributed by atoms with E-state index in [0.29, 0.717) is 18.3 Å². The number of hydrogen-bond donors (Lipinski definition) is 2. The van der Waals surface area contributed by atoms with Gasteiger partial charge in [0.15, 0.2) is 0 Å². The maximum Gasteiger partial charge on any atom is 0.220 e. The monoisotopic (exact) mass is 306 g/mol. The lowest BCUT2D eigenvalue weighted by Crippen LogP contribution is -2.35. The molecule has 1 amide bonds. The zero-order chi connectivity index (χ0) is 14.5. The molecule has 2 aliphatic rings. The molecule has 21 heavy (non-hydrogen) atoms. The van der Waals surface area contributed by atoms with Gasteiger partial charge in [-0.3, -0.25) is 4.79 Å². The summed E-state index contributed by atoms with van der Waals surface area (Å²) in [5, 5.41) is 8.85. The zero-order valence-electron chi connectivity index (χ0n) is 12.6. The van der Waals surface area contributed by atoms with Crippen LogP contribution in [0.25, 0.3) is 0 Å². The maximum atomic E-state index is 12.4. The topological polar surface area (TPSA) is 41.1 Å². The van der Waals surface area contributed by atoms with Crippen LogP contribution in [0, 0.1) is 11.8 Å². The Labute approximate surface area is 131 Å². The van der Waals surface area contributed by atoms with Crippen molar-refractivity contribution in [2.45, 2.75) is 51.0 Å². The van der Waals surface area contributed by atoms with Crippen molar-refractivity contribution in [3.8, 4) is 0 Å². The van der Waals surface area contributed by atoms with E-state index in [1.54, 1.807) is 11.3 Å². The van der Waals surface area contributed by atoms with Crippen LogP contribution in [-0.2, 0) is 4.79 Å². The second-order valence-corrected chi connectivity index (χ2v) is 7.48. The SMILES string of the molecule is O=C(CC1CCNCC1)NC(c1cccs1)C1CCCC1. The first-order valence-corrected chi connectivity index (χ1v) is 9.24. The molecule has 0 radical (unpaired) electrons. The van der Waals surface area contributed by atoms with Gasteiger partial charge in [0, 0.05) is 11.3 Å². The highest BCUT2D eigenvalue weighted by atomic mass is 32.1. The van der Waals surface area contributed by atoms with E-state index < -0.39 is 0 Å². The first-order valence-electron chi connectivity index (χ1n) is 8.36. The predicted molar refractivity (Wildman–Crippen MR) is 87.4 cm³/mol. The van der Waals surface area contributed by atoms with Crippen molar-refractivity contribution in [1.29, 1.82) is 0 Å². The second-order valence-electron chi connectivity index (χ2n) is 6.50. The highest BCUT2D eigenvalue weighted by molar-refractivity contribution is 7.10. The molecule has 0 bridgehead atoms. The molecule has 1 aliphatic carbocycles. The number of rotatable bonds is 5. The van der Waals surface area contributed by atoms with Crippen molar-refractivity contribution in [3.05, 3.63) is 22.4 Å². The number of piperidine rings is 1. The van der Waals surface area contributed by atoms with E-state index in [1.807, 2.05) is 0 Å². The summed E-state index contributed by atoms with van der Waals surface area (Å²) >= 11 is 1.78. The minimum atomic E-state index is 0.252. The summed E-state index contributed by atoms with van der Waals surface area (Å²) in [4.78, 5) is 13.8. The molecule has 1 atom stereocenters. The molecule has 1 saturated heterocycles. The number of carbonyl (C=O) groups is 1. The molecule has 1 unspecified atom stereocenters. The summed E-state index contributed by atoms with van der Waals surface area (Å²) in [6.45, 7) is 2.13.